The van der Waals surface area contributed by atoms with E-state index < -0.39 is 5.91 Å². The third kappa shape index (κ3) is 3.75. The largest absolute Gasteiger partial charge is 0.397 e. The second kappa shape index (κ2) is 7.45. The quantitative estimate of drug-likeness (QED) is 0.722. The van der Waals surface area contributed by atoms with Crippen molar-refractivity contribution >= 4 is 33.7 Å². The third-order valence-electron chi connectivity index (χ3n) is 3.20. The first-order valence-corrected chi connectivity index (χ1v) is 8.17. The number of nitrogens with zero attached hydrogens (tertiary/aromatic N) is 1. The van der Waals surface area contributed by atoms with Crippen LogP contribution in [0, 0.1) is 5.92 Å². The average molecular weight is 311 g/mol. The molecule has 1 aromatic heterocycles. The molecule has 1 rings (SSSR count). The van der Waals surface area contributed by atoms with E-state index in [4.69, 9.17) is 11.5 Å². The van der Waals surface area contributed by atoms with Crippen LogP contribution in [0.1, 0.15) is 60.6 Å². The first-order chi connectivity index (χ1) is 9.84. The molecular formula is C15H25N3O2S. The number of nitrogen functional groups attached to an aromatic ring is 1. The molecule has 4 N–H and O–H groups in total. The zero-order chi connectivity index (χ0) is 16.2. The summed E-state index contributed by atoms with van der Waals surface area (Å²) in [4.78, 5) is 26.6. The number of carbonyl (C=O) groups is 2. The highest BCUT2D eigenvalue weighted by Gasteiger charge is 2.27. The minimum atomic E-state index is -0.571. The van der Waals surface area contributed by atoms with Gasteiger partial charge in [0.2, 0.25) is 0 Å². The minimum absolute atomic E-state index is 0.0424. The Kier molecular flexibility index (Phi) is 6.20. The van der Waals surface area contributed by atoms with E-state index in [1.54, 1.807) is 0 Å². The predicted octanol–water partition coefficient (Wildman–Crippen LogP) is 2.89. The number of anilines is 2. The Balaban J connectivity index is 3.39. The fourth-order valence-corrected chi connectivity index (χ4v) is 3.56. The van der Waals surface area contributed by atoms with E-state index in [9.17, 15) is 9.59 Å². The van der Waals surface area contributed by atoms with Crippen LogP contribution < -0.4 is 16.4 Å². The molecule has 1 aromatic rings. The summed E-state index contributed by atoms with van der Waals surface area (Å²) in [6.45, 7) is 9.40. The Morgan fingerprint density at radius 1 is 1.19 bits per heavy atom. The number of amides is 1. The highest BCUT2D eigenvalue weighted by Crippen LogP contribution is 2.39. The van der Waals surface area contributed by atoms with Crippen LogP contribution in [0.25, 0.3) is 0 Å². The van der Waals surface area contributed by atoms with Crippen molar-refractivity contribution in [3.05, 3.63) is 10.4 Å². The maximum absolute atomic E-state index is 12.3. The number of hydrogen-bond acceptors (Lipinski definition) is 5. The normalized spacial score (nSPS) is 10.9. The Hall–Kier alpha value is -1.56. The molecule has 0 aromatic carbocycles. The number of rotatable bonds is 8. The van der Waals surface area contributed by atoms with E-state index in [1.165, 1.54) is 11.3 Å². The SMILES string of the molecule is CCCN(CCC)c1sc(C(=O)C(C)C)c(N)c1C(N)=O. The van der Waals surface area contributed by atoms with Crippen molar-refractivity contribution in [3.63, 3.8) is 0 Å². The van der Waals surface area contributed by atoms with E-state index in [0.29, 0.717) is 10.4 Å². The van der Waals surface area contributed by atoms with E-state index >= 15 is 0 Å². The number of Topliss-reactive ketones (excluding diaryl/α,β-unsaturated/α-hetero) is 1. The molecule has 0 aliphatic rings. The van der Waals surface area contributed by atoms with Crippen molar-refractivity contribution in [1.82, 2.24) is 0 Å². The fraction of sp³-hybridized carbons (Fsp3) is 0.600. The van der Waals surface area contributed by atoms with Crippen molar-refractivity contribution in [2.75, 3.05) is 23.7 Å². The Labute approximate surface area is 130 Å². The van der Waals surface area contributed by atoms with Gasteiger partial charge >= 0.3 is 0 Å². The van der Waals surface area contributed by atoms with Gasteiger partial charge in [0.15, 0.2) is 5.78 Å². The summed E-state index contributed by atoms with van der Waals surface area (Å²) in [5.41, 5.74) is 12.1. The maximum Gasteiger partial charge on any atom is 0.253 e. The molecule has 0 saturated heterocycles. The maximum atomic E-state index is 12.3. The van der Waals surface area contributed by atoms with E-state index in [0.717, 1.165) is 30.9 Å². The van der Waals surface area contributed by atoms with Crippen LogP contribution in [-0.2, 0) is 0 Å². The van der Waals surface area contributed by atoms with Crippen LogP contribution in [0.15, 0.2) is 0 Å². The second-order valence-corrected chi connectivity index (χ2v) is 6.39. The topological polar surface area (TPSA) is 89.4 Å². The smallest absolute Gasteiger partial charge is 0.253 e. The van der Waals surface area contributed by atoms with Gasteiger partial charge in [-0.3, -0.25) is 9.59 Å². The van der Waals surface area contributed by atoms with Crippen LogP contribution in [0.3, 0.4) is 0 Å². The summed E-state index contributed by atoms with van der Waals surface area (Å²) < 4.78 is 0. The van der Waals surface area contributed by atoms with Gasteiger partial charge in [-0.2, -0.15) is 0 Å². The summed E-state index contributed by atoms with van der Waals surface area (Å²) in [5, 5.41) is 0.729. The van der Waals surface area contributed by atoms with Crippen molar-refractivity contribution in [2.45, 2.75) is 40.5 Å². The van der Waals surface area contributed by atoms with Gasteiger partial charge in [0, 0.05) is 19.0 Å². The van der Waals surface area contributed by atoms with Gasteiger partial charge < -0.3 is 16.4 Å². The zero-order valence-electron chi connectivity index (χ0n) is 13.2. The lowest BCUT2D eigenvalue weighted by atomic mass is 10.1. The van der Waals surface area contributed by atoms with Crippen molar-refractivity contribution in [2.24, 2.45) is 11.7 Å². The molecule has 6 heteroatoms. The molecule has 0 bridgehead atoms. The fourth-order valence-electron chi connectivity index (χ4n) is 2.19. The summed E-state index contributed by atoms with van der Waals surface area (Å²) >= 11 is 1.29. The van der Waals surface area contributed by atoms with Crippen LogP contribution in [0.2, 0.25) is 0 Å². The molecule has 1 heterocycles. The summed E-state index contributed by atoms with van der Waals surface area (Å²) in [5.74, 6) is -0.775. The van der Waals surface area contributed by atoms with Crippen LogP contribution in [0.5, 0.6) is 0 Å². The Morgan fingerprint density at radius 2 is 1.71 bits per heavy atom. The number of thiophene rings is 1. The van der Waals surface area contributed by atoms with Gasteiger partial charge in [0.1, 0.15) is 5.00 Å². The highest BCUT2D eigenvalue weighted by molar-refractivity contribution is 7.19. The monoisotopic (exact) mass is 311 g/mol. The molecule has 0 spiro atoms. The van der Waals surface area contributed by atoms with E-state index in [2.05, 4.69) is 18.7 Å². The molecule has 0 radical (unpaired) electrons. The van der Waals surface area contributed by atoms with E-state index in [-0.39, 0.29) is 17.4 Å². The predicted molar refractivity (Wildman–Crippen MR) is 89.2 cm³/mol. The third-order valence-corrected chi connectivity index (χ3v) is 4.48. The van der Waals surface area contributed by atoms with Crippen molar-refractivity contribution in [3.8, 4) is 0 Å². The van der Waals surface area contributed by atoms with Crippen molar-refractivity contribution < 1.29 is 9.59 Å². The minimum Gasteiger partial charge on any atom is -0.397 e. The molecule has 0 aliphatic carbocycles. The van der Waals surface area contributed by atoms with Crippen LogP contribution in [0.4, 0.5) is 10.7 Å². The van der Waals surface area contributed by atoms with Gasteiger partial charge in [-0.05, 0) is 12.8 Å². The average Bonchev–Trinajstić information content (AvgIpc) is 2.75. The van der Waals surface area contributed by atoms with Gasteiger partial charge in [-0.25, -0.2) is 0 Å². The van der Waals surface area contributed by atoms with E-state index in [1.807, 2.05) is 13.8 Å². The lowest BCUT2D eigenvalue weighted by Crippen LogP contribution is -2.27. The van der Waals surface area contributed by atoms with Crippen LogP contribution in [-0.4, -0.2) is 24.8 Å². The molecule has 0 saturated carbocycles. The molecule has 0 unspecified atom stereocenters. The first-order valence-electron chi connectivity index (χ1n) is 7.36. The molecule has 21 heavy (non-hydrogen) atoms. The first kappa shape index (κ1) is 17.5. The van der Waals surface area contributed by atoms with Gasteiger partial charge in [0.05, 0.1) is 16.1 Å². The number of ketones is 1. The van der Waals surface area contributed by atoms with Crippen LogP contribution >= 0.6 is 11.3 Å². The standard InChI is InChI=1S/C15H25N3O2S/c1-5-7-18(8-6-2)15-10(14(17)20)11(16)13(21-15)12(19)9(3)4/h9H,5-8,16H2,1-4H3,(H2,17,20). The second-order valence-electron chi connectivity index (χ2n) is 5.40. The molecule has 0 atom stereocenters. The zero-order valence-corrected chi connectivity index (χ0v) is 14.0. The molecular weight excluding hydrogens is 286 g/mol. The number of hydrogen-bond donors (Lipinski definition) is 2. The molecule has 0 fully saturated rings. The molecule has 118 valence electrons. The van der Waals surface area contributed by atoms with Gasteiger partial charge in [-0.15, -0.1) is 11.3 Å². The summed E-state index contributed by atoms with van der Waals surface area (Å²) in [6, 6.07) is 0. The molecule has 5 nitrogen and oxygen atoms in total. The Morgan fingerprint density at radius 3 is 2.10 bits per heavy atom. The number of carbonyl (C=O) groups excluding carboxylic acids is 2. The molecule has 0 aliphatic heterocycles. The summed E-state index contributed by atoms with van der Waals surface area (Å²) in [6.07, 6.45) is 1.90. The Bertz CT molecular complexity index is 517. The van der Waals surface area contributed by atoms with Gasteiger partial charge in [0.25, 0.3) is 5.91 Å². The highest BCUT2D eigenvalue weighted by atomic mass is 32.1. The van der Waals surface area contributed by atoms with Crippen molar-refractivity contribution in [1.29, 1.82) is 0 Å². The number of nitrogens with two attached hydrogens (primary N) is 2. The molecule has 1 amide bonds. The lowest BCUT2D eigenvalue weighted by molar-refractivity contribution is 0.0944. The lowest BCUT2D eigenvalue weighted by Gasteiger charge is -2.22. The summed E-state index contributed by atoms with van der Waals surface area (Å²) in [7, 11) is 0. The van der Waals surface area contributed by atoms with Gasteiger partial charge in [-0.1, -0.05) is 27.7 Å². The number of primary amides is 1.